The van der Waals surface area contributed by atoms with Gasteiger partial charge in [-0.1, -0.05) is 72.3 Å². The predicted octanol–water partition coefficient (Wildman–Crippen LogP) is 6.31. The van der Waals surface area contributed by atoms with Gasteiger partial charge >= 0.3 is 0 Å². The van der Waals surface area contributed by atoms with E-state index in [0.29, 0.717) is 17.1 Å². The van der Waals surface area contributed by atoms with Crippen LogP contribution in [-0.4, -0.2) is 9.67 Å². The molecule has 0 atom stereocenters. The second kappa shape index (κ2) is 7.71. The fourth-order valence-corrected chi connectivity index (χ4v) is 3.43. The fourth-order valence-electron chi connectivity index (χ4n) is 3.30. The zero-order valence-corrected chi connectivity index (χ0v) is 15.7. The Labute approximate surface area is 167 Å². The van der Waals surface area contributed by atoms with E-state index in [1.165, 1.54) is 0 Å². The Balaban J connectivity index is 1.90. The molecule has 1 N–H and O–H groups in total. The first-order chi connectivity index (χ1) is 13.7. The molecule has 4 aromatic rings. The topological polar surface area (TPSA) is 54.6 Å². The van der Waals surface area contributed by atoms with E-state index in [0.717, 1.165) is 22.0 Å². The van der Waals surface area contributed by atoms with Crippen molar-refractivity contribution in [2.75, 3.05) is 0 Å². The zero-order chi connectivity index (χ0) is 19.5. The molecule has 1 aromatic heterocycles. The van der Waals surface area contributed by atoms with E-state index in [4.69, 9.17) is 11.6 Å². The summed E-state index contributed by atoms with van der Waals surface area (Å²) in [7, 11) is 0. The summed E-state index contributed by atoms with van der Waals surface area (Å²) in [5.41, 5.74) is 2.70. The first kappa shape index (κ1) is 18.0. The number of rotatable bonds is 5. The summed E-state index contributed by atoms with van der Waals surface area (Å²) in [6, 6.07) is 24.4. The molecule has 0 aliphatic heterocycles. The Morgan fingerprint density at radius 2 is 1.57 bits per heavy atom. The predicted molar refractivity (Wildman–Crippen MR) is 114 cm³/mol. The van der Waals surface area contributed by atoms with Crippen LogP contribution in [0.4, 0.5) is 0 Å². The minimum atomic E-state index is 0.159. The third-order valence-electron chi connectivity index (χ3n) is 4.69. The van der Waals surface area contributed by atoms with Crippen LogP contribution in [0.25, 0.3) is 22.5 Å². The largest absolute Gasteiger partial charge is 0.494 e. The molecule has 4 rings (SSSR count). The Kier molecular flexibility index (Phi) is 4.96. The molecule has 3 aromatic carbocycles. The number of halogens is 1. The molecule has 4 nitrogen and oxygen atoms in total. The maximum atomic E-state index is 11.6. The van der Waals surface area contributed by atoms with Gasteiger partial charge in [-0.2, -0.15) is 0 Å². The molecule has 0 aliphatic carbocycles. The van der Waals surface area contributed by atoms with Crippen molar-refractivity contribution in [2.45, 2.75) is 6.54 Å². The average Bonchev–Trinajstić information content (AvgIpc) is 2.99. The van der Waals surface area contributed by atoms with E-state index in [1.807, 2.05) is 54.6 Å². The molecule has 0 amide bonds. The molecule has 5 heteroatoms. The van der Waals surface area contributed by atoms with E-state index >= 15 is 0 Å². The number of aromatic hydroxyl groups is 1. The number of aromatic nitrogens is 1. The van der Waals surface area contributed by atoms with Gasteiger partial charge in [0, 0.05) is 21.4 Å². The van der Waals surface area contributed by atoms with Gasteiger partial charge in [0.25, 0.3) is 0 Å². The van der Waals surface area contributed by atoms with Crippen molar-refractivity contribution in [3.8, 4) is 5.88 Å². The van der Waals surface area contributed by atoms with Crippen molar-refractivity contribution in [3.05, 3.63) is 106 Å². The number of hydrogen-bond acceptors (Lipinski definition) is 3. The number of hydrogen-bond donors (Lipinski definition) is 1. The van der Waals surface area contributed by atoms with Crippen LogP contribution in [-0.2, 0) is 6.54 Å². The van der Waals surface area contributed by atoms with Crippen LogP contribution in [0.5, 0.6) is 5.88 Å². The van der Waals surface area contributed by atoms with Gasteiger partial charge in [0.2, 0.25) is 0 Å². The van der Waals surface area contributed by atoms with E-state index in [1.54, 1.807) is 34.9 Å². The van der Waals surface area contributed by atoms with E-state index < -0.39 is 0 Å². The molecule has 0 saturated carbocycles. The highest BCUT2D eigenvalue weighted by molar-refractivity contribution is 6.30. The van der Waals surface area contributed by atoms with Crippen LogP contribution in [0.3, 0.4) is 0 Å². The van der Waals surface area contributed by atoms with Gasteiger partial charge in [0.15, 0.2) is 5.88 Å². The van der Waals surface area contributed by atoms with Crippen LogP contribution in [0.15, 0.2) is 84.0 Å². The molecule has 0 spiro atoms. The smallest absolute Gasteiger partial charge is 0.199 e. The Morgan fingerprint density at radius 3 is 2.25 bits per heavy atom. The van der Waals surface area contributed by atoms with Crippen LogP contribution in [0.1, 0.15) is 16.8 Å². The van der Waals surface area contributed by atoms with Crippen LogP contribution < -0.4 is 0 Å². The van der Waals surface area contributed by atoms with Gasteiger partial charge in [-0.15, -0.1) is 4.91 Å². The highest BCUT2D eigenvalue weighted by Gasteiger charge is 2.16. The molecule has 0 saturated heterocycles. The first-order valence-electron chi connectivity index (χ1n) is 8.82. The maximum absolute atomic E-state index is 11.6. The van der Waals surface area contributed by atoms with Gasteiger partial charge in [0.1, 0.15) is 5.70 Å². The number of nitrogens with zero attached hydrogens (tertiary/aromatic N) is 2. The number of nitroso groups, excluding NO2 is 1. The maximum Gasteiger partial charge on any atom is 0.199 e. The van der Waals surface area contributed by atoms with Gasteiger partial charge in [-0.25, -0.2) is 0 Å². The van der Waals surface area contributed by atoms with Crippen LogP contribution in [0, 0.1) is 4.91 Å². The molecular formula is C23H17ClN2O2. The lowest BCUT2D eigenvalue weighted by atomic mass is 10.1. The van der Waals surface area contributed by atoms with Crippen molar-refractivity contribution in [1.29, 1.82) is 0 Å². The SMILES string of the molecule is O=N/C(=C\c1c2ccccc2c(O)n1Cc1ccccc1)c1ccc(Cl)cc1. The van der Waals surface area contributed by atoms with Gasteiger partial charge in [0.05, 0.1) is 12.2 Å². The van der Waals surface area contributed by atoms with Crippen LogP contribution in [0.2, 0.25) is 5.02 Å². The van der Waals surface area contributed by atoms with Gasteiger partial charge < -0.3 is 9.67 Å². The summed E-state index contributed by atoms with van der Waals surface area (Å²) in [5.74, 6) is 0.159. The summed E-state index contributed by atoms with van der Waals surface area (Å²) in [5, 5.41) is 16.2. The second-order valence-electron chi connectivity index (χ2n) is 6.45. The fraction of sp³-hybridized carbons (Fsp3) is 0.0435. The third-order valence-corrected chi connectivity index (χ3v) is 4.94. The zero-order valence-electron chi connectivity index (χ0n) is 14.9. The average molecular weight is 389 g/mol. The van der Waals surface area contributed by atoms with Crippen molar-refractivity contribution < 1.29 is 5.11 Å². The molecule has 0 radical (unpaired) electrons. The number of benzene rings is 3. The lowest BCUT2D eigenvalue weighted by molar-refractivity contribution is 0.429. The molecule has 138 valence electrons. The van der Waals surface area contributed by atoms with E-state index in [-0.39, 0.29) is 11.6 Å². The Hall–Kier alpha value is -3.37. The van der Waals surface area contributed by atoms with E-state index in [9.17, 15) is 10.0 Å². The van der Waals surface area contributed by atoms with Crippen molar-refractivity contribution >= 4 is 34.1 Å². The monoisotopic (exact) mass is 388 g/mol. The number of fused-ring (bicyclic) bond motifs is 1. The van der Waals surface area contributed by atoms with Crippen molar-refractivity contribution in [1.82, 2.24) is 4.57 Å². The van der Waals surface area contributed by atoms with E-state index in [2.05, 4.69) is 5.18 Å². The van der Waals surface area contributed by atoms with Crippen molar-refractivity contribution in [3.63, 3.8) is 0 Å². The lowest BCUT2D eigenvalue weighted by Gasteiger charge is -2.09. The second-order valence-corrected chi connectivity index (χ2v) is 6.89. The minimum Gasteiger partial charge on any atom is -0.494 e. The minimum absolute atomic E-state index is 0.159. The quantitative estimate of drug-likeness (QED) is 0.407. The van der Waals surface area contributed by atoms with Gasteiger partial charge in [-0.05, 0) is 35.0 Å². The molecule has 0 unspecified atom stereocenters. The van der Waals surface area contributed by atoms with Crippen LogP contribution >= 0.6 is 11.6 Å². The molecule has 0 aliphatic rings. The Bertz CT molecular complexity index is 1160. The first-order valence-corrected chi connectivity index (χ1v) is 9.20. The highest BCUT2D eigenvalue weighted by atomic mass is 35.5. The van der Waals surface area contributed by atoms with Gasteiger partial charge in [-0.3, -0.25) is 0 Å². The lowest BCUT2D eigenvalue weighted by Crippen LogP contribution is -2.01. The molecule has 1 heterocycles. The molecule has 0 fully saturated rings. The molecule has 0 bridgehead atoms. The summed E-state index contributed by atoms with van der Waals surface area (Å²) in [6.07, 6.45) is 1.71. The third kappa shape index (κ3) is 3.42. The molecule has 28 heavy (non-hydrogen) atoms. The highest BCUT2D eigenvalue weighted by Crippen LogP contribution is 2.35. The summed E-state index contributed by atoms with van der Waals surface area (Å²) >= 11 is 5.95. The molecular weight excluding hydrogens is 372 g/mol. The summed E-state index contributed by atoms with van der Waals surface area (Å²) in [4.78, 5) is 11.6. The summed E-state index contributed by atoms with van der Waals surface area (Å²) < 4.78 is 1.79. The Morgan fingerprint density at radius 1 is 0.929 bits per heavy atom. The summed E-state index contributed by atoms with van der Waals surface area (Å²) in [6.45, 7) is 0.472. The normalized spacial score (nSPS) is 11.7. The van der Waals surface area contributed by atoms with Crippen molar-refractivity contribution in [2.24, 2.45) is 5.18 Å². The standard InChI is InChI=1S/C23H17ClN2O2/c24-18-12-10-17(11-13-18)21(25-28)14-22-19-8-4-5-9-20(19)23(27)26(22)15-16-6-2-1-3-7-16/h1-14,27H,15H2/b21-14-.